The number of hydrogen-bond acceptors (Lipinski definition) is 3. The largest absolute Gasteiger partial charge is 0.307 e. The van der Waals surface area contributed by atoms with Gasteiger partial charge in [0.25, 0.3) is 0 Å². The van der Waals surface area contributed by atoms with Crippen LogP contribution < -0.4 is 0 Å². The molecule has 0 aliphatic carbocycles. The van der Waals surface area contributed by atoms with Crippen molar-refractivity contribution < 1.29 is 43.9 Å². The zero-order chi connectivity index (χ0) is 50.1. The molecule has 5 heterocycles. The molecule has 73 heavy (non-hydrogen) atoms. The second-order valence-electron chi connectivity index (χ2n) is 17.2. The minimum Gasteiger partial charge on any atom is -0.307 e. The molecule has 0 amide bonds. The van der Waals surface area contributed by atoms with Crippen LogP contribution in [0.15, 0.2) is 158 Å². The average molecular weight is 985 g/mol. The summed E-state index contributed by atoms with van der Waals surface area (Å²) >= 11 is 0. The van der Waals surface area contributed by atoms with Gasteiger partial charge in [-0.05, 0) is 60.7 Å². The Morgan fingerprint density at radius 2 is 0.671 bits per heavy atom. The molecule has 354 valence electrons. The van der Waals surface area contributed by atoms with Gasteiger partial charge in [-0.2, -0.15) is 0 Å². The van der Waals surface area contributed by atoms with Crippen LogP contribution in [-0.4, -0.2) is 28.7 Å². The maximum Gasteiger partial charge on any atom is 0.200 e. The van der Waals surface area contributed by atoms with E-state index in [0.717, 1.165) is 33.0 Å². The molecule has 0 saturated heterocycles. The third-order valence-corrected chi connectivity index (χ3v) is 13.3. The van der Waals surface area contributed by atoms with Crippen molar-refractivity contribution in [1.29, 1.82) is 0 Å². The van der Waals surface area contributed by atoms with Crippen LogP contribution in [0.3, 0.4) is 0 Å². The van der Waals surface area contributed by atoms with E-state index < -0.39 is 86.5 Å². The highest BCUT2D eigenvalue weighted by atomic mass is 19.2. The number of nitrogens with zero attached hydrogens (tertiary/aromatic N) is 6. The fraction of sp³-hybridized carbons (Fsp3) is 0. The van der Waals surface area contributed by atoms with Crippen LogP contribution in [0, 0.1) is 58.2 Å². The summed E-state index contributed by atoms with van der Waals surface area (Å²) in [4.78, 5) is 13.0. The molecule has 8 aromatic carbocycles. The summed E-state index contributed by atoms with van der Waals surface area (Å²) in [5, 5.41) is 4.06. The van der Waals surface area contributed by atoms with Gasteiger partial charge in [-0.1, -0.05) is 91.0 Å². The lowest BCUT2D eigenvalue weighted by Crippen LogP contribution is -2.11. The predicted octanol–water partition coefficient (Wildman–Crippen LogP) is 15.6. The quantitative estimate of drug-likeness (QED) is 0.0948. The van der Waals surface area contributed by atoms with Crippen LogP contribution >= 0.6 is 0 Å². The maximum absolute atomic E-state index is 15.9. The number of hydrogen-bond donors (Lipinski definition) is 0. The van der Waals surface area contributed by atoms with Crippen molar-refractivity contribution in [3.63, 3.8) is 0 Å². The topological polar surface area (TPSA) is 53.5 Å². The molecular formula is C57H26F10N6. The minimum atomic E-state index is -2.53. The second kappa shape index (κ2) is 16.1. The van der Waals surface area contributed by atoms with E-state index in [1.807, 2.05) is 141 Å². The standard InChI is InChI=1S/C57H26F10N6/c58-45-43(46(59)50(63)53(66)49(45)62)34-26-33(69-57(70-34)44-47(60)51(64)54(67)52(65)48(44)61)27-24-41(71-35-17-6-1-12-28(35)29-13-2-7-18-36(29)71)56(73-39-21-10-5-16-32(39)55-40(73)22-11-23-68-55)42(25-27)72-37-19-8-3-14-30(37)31-15-4-9-20-38(31)72/h1-26H. The molecule has 0 radical (unpaired) electrons. The molecule has 6 nitrogen and oxygen atoms in total. The summed E-state index contributed by atoms with van der Waals surface area (Å²) in [6.07, 6.45) is 1.67. The minimum absolute atomic E-state index is 0.0333. The van der Waals surface area contributed by atoms with Gasteiger partial charge in [0.05, 0.1) is 78.2 Å². The summed E-state index contributed by atoms with van der Waals surface area (Å²) < 4.78 is 159. The molecule has 13 rings (SSSR count). The lowest BCUT2D eigenvalue weighted by molar-refractivity contribution is 0.380. The molecule has 16 heteroatoms. The Labute approximate surface area is 403 Å². The van der Waals surface area contributed by atoms with Crippen LogP contribution in [-0.2, 0) is 0 Å². The van der Waals surface area contributed by atoms with E-state index in [9.17, 15) is 8.78 Å². The zero-order valence-corrected chi connectivity index (χ0v) is 37.0. The number of pyridine rings is 1. The number of halogens is 10. The van der Waals surface area contributed by atoms with E-state index in [-0.39, 0.29) is 5.56 Å². The van der Waals surface area contributed by atoms with Gasteiger partial charge >= 0.3 is 0 Å². The van der Waals surface area contributed by atoms with Crippen molar-refractivity contribution >= 4 is 65.5 Å². The van der Waals surface area contributed by atoms with E-state index in [2.05, 4.69) is 9.97 Å². The molecule has 0 aliphatic rings. The number of fused-ring (bicyclic) bond motifs is 9. The van der Waals surface area contributed by atoms with Crippen molar-refractivity contribution in [1.82, 2.24) is 28.7 Å². The van der Waals surface area contributed by atoms with Crippen molar-refractivity contribution in [2.45, 2.75) is 0 Å². The molecule has 0 saturated carbocycles. The lowest BCUT2D eigenvalue weighted by Gasteiger charge is -2.23. The molecule has 13 aromatic rings. The van der Waals surface area contributed by atoms with Crippen LogP contribution in [0.4, 0.5) is 43.9 Å². The summed E-state index contributed by atoms with van der Waals surface area (Å²) in [6.45, 7) is 0. The highest BCUT2D eigenvalue weighted by Crippen LogP contribution is 2.45. The third-order valence-electron chi connectivity index (χ3n) is 13.3. The van der Waals surface area contributed by atoms with Gasteiger partial charge in [-0.25, -0.2) is 53.9 Å². The SMILES string of the molecule is Fc1c(F)c(F)c(-c2cc(-c3cc(-n4c5ccccc5c5ccccc54)c(-n4c5ccccc5c5ncccc54)c(-n4c5ccccc5c5ccccc54)c3)nc(-c3c(F)c(F)c(F)c(F)c3F)n2)c(F)c1F. The van der Waals surface area contributed by atoms with E-state index in [4.69, 9.17) is 4.98 Å². The summed E-state index contributed by atoms with van der Waals surface area (Å²) in [5.74, 6) is -25.6. The molecule has 5 aromatic heterocycles. The Bertz CT molecular complexity index is 4100. The summed E-state index contributed by atoms with van der Waals surface area (Å²) in [7, 11) is 0. The molecule has 0 N–H and O–H groups in total. The first-order valence-corrected chi connectivity index (χ1v) is 22.4. The van der Waals surface area contributed by atoms with E-state index in [0.29, 0.717) is 55.7 Å². The first-order chi connectivity index (χ1) is 35.4. The van der Waals surface area contributed by atoms with Crippen molar-refractivity contribution in [2.24, 2.45) is 0 Å². The Balaban J connectivity index is 1.27. The first-order valence-electron chi connectivity index (χ1n) is 22.4. The smallest absolute Gasteiger partial charge is 0.200 e. The normalized spacial score (nSPS) is 12.0. The van der Waals surface area contributed by atoms with Crippen molar-refractivity contribution in [2.75, 3.05) is 0 Å². The molecule has 0 spiro atoms. The molecule has 0 fully saturated rings. The van der Waals surface area contributed by atoms with Gasteiger partial charge in [0.15, 0.2) is 52.4 Å². The van der Waals surface area contributed by atoms with Gasteiger partial charge in [0.2, 0.25) is 11.6 Å². The van der Waals surface area contributed by atoms with E-state index in [1.54, 1.807) is 24.4 Å². The fourth-order valence-electron chi connectivity index (χ4n) is 10.2. The number of aromatic nitrogens is 6. The Morgan fingerprint density at radius 1 is 0.315 bits per heavy atom. The van der Waals surface area contributed by atoms with E-state index in [1.165, 1.54) is 0 Å². The number of benzene rings is 8. The van der Waals surface area contributed by atoms with Crippen molar-refractivity contribution in [3.8, 4) is 51.0 Å². The summed E-state index contributed by atoms with van der Waals surface area (Å²) in [6, 6.07) is 45.5. The van der Waals surface area contributed by atoms with Crippen LogP contribution in [0.25, 0.3) is 117 Å². The second-order valence-corrected chi connectivity index (χ2v) is 17.2. The van der Waals surface area contributed by atoms with Gasteiger partial charge in [-0.15, -0.1) is 0 Å². The number of para-hydroxylation sites is 5. The fourth-order valence-corrected chi connectivity index (χ4v) is 10.2. The molecule has 0 bridgehead atoms. The maximum atomic E-state index is 15.9. The van der Waals surface area contributed by atoms with Gasteiger partial charge in [0.1, 0.15) is 0 Å². The van der Waals surface area contributed by atoms with Crippen LogP contribution in [0.5, 0.6) is 0 Å². The number of rotatable bonds is 6. The predicted molar refractivity (Wildman–Crippen MR) is 259 cm³/mol. The lowest BCUT2D eigenvalue weighted by atomic mass is 10.0. The Hall–Kier alpha value is -9.31. The Kier molecular flexibility index (Phi) is 9.64. The molecule has 0 unspecified atom stereocenters. The van der Waals surface area contributed by atoms with E-state index >= 15 is 35.1 Å². The highest BCUT2D eigenvalue weighted by molar-refractivity contribution is 6.13. The van der Waals surface area contributed by atoms with Gasteiger partial charge in [-0.3, -0.25) is 4.98 Å². The monoisotopic (exact) mass is 984 g/mol. The van der Waals surface area contributed by atoms with Gasteiger partial charge in [0, 0.05) is 38.7 Å². The molecule has 0 atom stereocenters. The summed E-state index contributed by atoms with van der Waals surface area (Å²) in [5.41, 5.74) is 0.931. The molecule has 0 aliphatic heterocycles. The zero-order valence-electron chi connectivity index (χ0n) is 37.0. The average Bonchev–Trinajstić information content (AvgIpc) is 4.06. The Morgan fingerprint density at radius 3 is 1.12 bits per heavy atom. The first kappa shape index (κ1) is 43.7. The highest BCUT2D eigenvalue weighted by Gasteiger charge is 2.33. The van der Waals surface area contributed by atoms with Crippen LogP contribution in [0.1, 0.15) is 0 Å². The molecular weight excluding hydrogens is 959 g/mol. The van der Waals surface area contributed by atoms with Crippen LogP contribution in [0.2, 0.25) is 0 Å². The third kappa shape index (κ3) is 6.22. The van der Waals surface area contributed by atoms with Crippen molar-refractivity contribution in [3.05, 3.63) is 216 Å². The van der Waals surface area contributed by atoms with Gasteiger partial charge < -0.3 is 13.7 Å².